The number of aliphatic hydroxyl groups is 13. The second-order valence-electron chi connectivity index (χ2n) is 11.5. The lowest BCUT2D eigenvalue weighted by atomic mass is 9.99. The maximum Gasteiger partial charge on any atom is 0.186 e. The van der Waals surface area contributed by atoms with E-state index >= 15 is 0 Å². The van der Waals surface area contributed by atoms with Crippen molar-refractivity contribution >= 4 is 35.3 Å². The van der Waals surface area contributed by atoms with Crippen molar-refractivity contribution in [2.75, 3.05) is 33.5 Å². The van der Waals surface area contributed by atoms with Gasteiger partial charge in [0.2, 0.25) is 0 Å². The molecule has 0 bridgehead atoms. The molecule has 0 spiro atoms. The van der Waals surface area contributed by atoms with Crippen molar-refractivity contribution < 1.29 is 90.1 Å². The quantitative estimate of drug-likeness (QED) is 0.0940. The summed E-state index contributed by atoms with van der Waals surface area (Å²) in [5.74, 6) is 0. The van der Waals surface area contributed by atoms with Crippen molar-refractivity contribution in [2.24, 2.45) is 0 Å². The smallest absolute Gasteiger partial charge is 0.186 e. The number of aliphatic hydroxyl groups excluding tert-OH is 13. The van der Waals surface area contributed by atoms with Gasteiger partial charge in [0, 0.05) is 7.11 Å². The predicted molar refractivity (Wildman–Crippen MR) is 158 cm³/mol. The molecule has 0 saturated carbocycles. The molecule has 4 aliphatic heterocycles. The lowest BCUT2D eigenvalue weighted by Gasteiger charge is -2.44. The first-order valence-corrected chi connectivity index (χ1v) is 17.3. The van der Waals surface area contributed by atoms with Gasteiger partial charge < -0.3 is 90.1 Å². The van der Waals surface area contributed by atoms with Crippen molar-refractivity contribution in [3.05, 3.63) is 0 Å². The number of methoxy groups -OCH3 is 1. The number of rotatable bonds is 11. The molecule has 21 heteroatoms. The van der Waals surface area contributed by atoms with E-state index in [4.69, 9.17) is 23.7 Å². The molecule has 270 valence electrons. The average molecular weight is 729 g/mol. The maximum absolute atomic E-state index is 10.6. The molecule has 0 aromatic heterocycles. The lowest BCUT2D eigenvalue weighted by Crippen LogP contribution is -2.60. The van der Waals surface area contributed by atoms with Crippen molar-refractivity contribution in [1.82, 2.24) is 0 Å². The second-order valence-corrected chi connectivity index (χ2v) is 15.5. The molecule has 4 fully saturated rings. The Bertz CT molecular complexity index is 871. The predicted octanol–water partition coefficient (Wildman–Crippen LogP) is -6.94. The molecule has 0 amide bonds. The van der Waals surface area contributed by atoms with E-state index in [-0.39, 0.29) is 13.2 Å². The summed E-state index contributed by atoms with van der Waals surface area (Å²) in [4.78, 5) is 0. The number of ether oxygens (including phenoxy) is 5. The third-order valence-electron chi connectivity index (χ3n) is 8.36. The number of hydrogen-bond donors (Lipinski definition) is 13. The summed E-state index contributed by atoms with van der Waals surface area (Å²) < 4.78 is 27.5. The maximum atomic E-state index is 10.6. The Hall–Kier alpha value is 0.330. The molecule has 20 atom stereocenters. The molecule has 4 heterocycles. The molecular formula is C25H44O18S3. The molecule has 13 N–H and O–H groups in total. The van der Waals surface area contributed by atoms with Gasteiger partial charge in [-0.2, -0.15) is 0 Å². The fraction of sp³-hybridized carbons (Fsp3) is 1.00. The third-order valence-corrected chi connectivity index (χ3v) is 12.7. The summed E-state index contributed by atoms with van der Waals surface area (Å²) in [6, 6.07) is 0. The van der Waals surface area contributed by atoms with Crippen LogP contribution in [0.15, 0.2) is 0 Å². The van der Waals surface area contributed by atoms with Gasteiger partial charge >= 0.3 is 0 Å². The Morgan fingerprint density at radius 1 is 0.457 bits per heavy atom. The van der Waals surface area contributed by atoms with E-state index in [1.54, 1.807) is 0 Å². The Kier molecular flexibility index (Phi) is 14.5. The van der Waals surface area contributed by atoms with E-state index < -0.39 is 131 Å². The van der Waals surface area contributed by atoms with E-state index in [0.29, 0.717) is 0 Å². The van der Waals surface area contributed by atoms with Gasteiger partial charge in [0.15, 0.2) is 6.29 Å². The van der Waals surface area contributed by atoms with Crippen molar-refractivity contribution in [1.29, 1.82) is 0 Å². The van der Waals surface area contributed by atoms with Crippen LogP contribution in [0.4, 0.5) is 0 Å². The van der Waals surface area contributed by atoms with E-state index in [1.165, 1.54) is 7.11 Å². The Morgan fingerprint density at radius 3 is 1.24 bits per heavy atom. The van der Waals surface area contributed by atoms with E-state index in [1.807, 2.05) is 0 Å². The van der Waals surface area contributed by atoms with E-state index in [9.17, 15) is 66.4 Å². The number of thioether (sulfide) groups is 3. The van der Waals surface area contributed by atoms with Gasteiger partial charge in [-0.3, -0.25) is 0 Å². The molecule has 0 aromatic carbocycles. The van der Waals surface area contributed by atoms with Crippen molar-refractivity contribution in [2.45, 2.75) is 118 Å². The van der Waals surface area contributed by atoms with Crippen LogP contribution in [0.1, 0.15) is 0 Å². The zero-order valence-corrected chi connectivity index (χ0v) is 26.9. The van der Waals surface area contributed by atoms with E-state index in [0.717, 1.165) is 35.3 Å². The molecule has 4 aliphatic rings. The molecule has 0 unspecified atom stereocenters. The minimum atomic E-state index is -1.70. The highest BCUT2D eigenvalue weighted by Gasteiger charge is 2.50. The molecule has 0 radical (unpaired) electrons. The van der Waals surface area contributed by atoms with Crippen LogP contribution in [0.3, 0.4) is 0 Å². The summed E-state index contributed by atoms with van der Waals surface area (Å²) in [6.45, 7) is -1.57. The highest BCUT2D eigenvalue weighted by atomic mass is 32.2. The van der Waals surface area contributed by atoms with Crippen LogP contribution < -0.4 is 0 Å². The molecule has 0 aromatic rings. The van der Waals surface area contributed by atoms with Crippen LogP contribution in [0, 0.1) is 0 Å². The summed E-state index contributed by atoms with van der Waals surface area (Å²) in [5, 5.41) is 131. The van der Waals surface area contributed by atoms with Crippen LogP contribution in [-0.2, 0) is 23.7 Å². The molecule has 0 aliphatic carbocycles. The van der Waals surface area contributed by atoms with Crippen molar-refractivity contribution in [3.8, 4) is 0 Å². The SMILES string of the molecule is CO[C@H]1O[C@H](CO[C@H]2S[C@H](CO[C@H]3S[C@H](CO[C@H]4S[C@H](CO)[C@@H](O)[C@H](O)[C@H]4O)[C@@H](O)[C@H](O)[C@H]3O)[C@@H](O)[C@H](O)[C@H]2O)[C@@H](O)[C@H](O)[C@H]1O. The first-order valence-electron chi connectivity index (χ1n) is 14.5. The fourth-order valence-electron chi connectivity index (χ4n) is 5.41. The third kappa shape index (κ3) is 8.44. The zero-order chi connectivity index (χ0) is 34.0. The van der Waals surface area contributed by atoms with Crippen LogP contribution >= 0.6 is 35.3 Å². The first kappa shape index (κ1) is 39.1. The summed E-state index contributed by atoms with van der Waals surface area (Å²) in [7, 11) is 1.22. The monoisotopic (exact) mass is 728 g/mol. The normalized spacial score (nSPS) is 52.0. The molecule has 4 saturated heterocycles. The van der Waals surface area contributed by atoms with Gasteiger partial charge in [-0.1, -0.05) is 0 Å². The summed E-state index contributed by atoms with van der Waals surface area (Å²) >= 11 is 2.63. The minimum Gasteiger partial charge on any atom is -0.395 e. The Labute approximate surface area is 276 Å². The Morgan fingerprint density at radius 2 is 0.826 bits per heavy atom. The topological polar surface area (TPSA) is 309 Å². The van der Waals surface area contributed by atoms with Gasteiger partial charge in [0.25, 0.3) is 0 Å². The van der Waals surface area contributed by atoms with Gasteiger partial charge in [-0.25, -0.2) is 0 Å². The van der Waals surface area contributed by atoms with Gasteiger partial charge in [0.05, 0.1) is 60.5 Å². The largest absolute Gasteiger partial charge is 0.395 e. The van der Waals surface area contributed by atoms with Gasteiger partial charge in [0.1, 0.15) is 77.3 Å². The first-order chi connectivity index (χ1) is 21.7. The average Bonchev–Trinajstić information content (AvgIpc) is 3.05. The highest BCUT2D eigenvalue weighted by molar-refractivity contribution is 8.01. The molecule has 18 nitrogen and oxygen atoms in total. The lowest BCUT2D eigenvalue weighted by molar-refractivity contribution is -0.297. The standard InChI is InChI=1S/C25H44O18S3/c1-39-22-18(35)14(31)10(27)6(43-22)3-40-23-20(37)16(33)12(29)8(45-23)5-42-25-21(38)17(34)13(30)9(46-25)4-41-24-19(36)15(32)11(28)7(2-26)44-24/h6-38H,2-5H2,1H3/t6-,7-,8-,9-,10-,11-,12-,13-,14+,15+,16+,17+,18-,19-,20-,21-,22+,23+,24+,25+/m1/s1. The van der Waals surface area contributed by atoms with Crippen LogP contribution in [0.5, 0.6) is 0 Å². The molecule has 46 heavy (non-hydrogen) atoms. The molecular weight excluding hydrogens is 684 g/mol. The second kappa shape index (κ2) is 17.0. The fourth-order valence-corrected chi connectivity index (χ4v) is 9.24. The summed E-state index contributed by atoms with van der Waals surface area (Å²) in [6.07, 6.45) is -21.3. The van der Waals surface area contributed by atoms with Gasteiger partial charge in [-0.05, 0) is 0 Å². The van der Waals surface area contributed by atoms with Crippen LogP contribution in [0.2, 0.25) is 0 Å². The zero-order valence-electron chi connectivity index (χ0n) is 24.5. The Balaban J connectivity index is 1.33. The van der Waals surface area contributed by atoms with E-state index in [2.05, 4.69) is 0 Å². The van der Waals surface area contributed by atoms with Crippen LogP contribution in [0.25, 0.3) is 0 Å². The van der Waals surface area contributed by atoms with Gasteiger partial charge in [-0.15, -0.1) is 35.3 Å². The van der Waals surface area contributed by atoms with Crippen LogP contribution in [-0.4, -0.2) is 218 Å². The number of hydrogen-bond acceptors (Lipinski definition) is 21. The highest BCUT2D eigenvalue weighted by Crippen LogP contribution is 2.39. The minimum absolute atomic E-state index is 0.308. The molecule has 4 rings (SSSR count). The van der Waals surface area contributed by atoms with Crippen molar-refractivity contribution in [3.63, 3.8) is 0 Å². The summed E-state index contributed by atoms with van der Waals surface area (Å²) in [5.41, 5.74) is -3.48.